The van der Waals surface area contributed by atoms with Gasteiger partial charge < -0.3 is 37.0 Å². The fourth-order valence-electron chi connectivity index (χ4n) is 2.18. The Bertz CT molecular complexity index is 568. The number of aliphatic carboxylic acids is 1. The van der Waals surface area contributed by atoms with Crippen molar-refractivity contribution in [2.24, 2.45) is 11.7 Å². The summed E-state index contributed by atoms with van der Waals surface area (Å²) in [4.78, 5) is 47.7. The number of carbonyl (C=O) groups is 4. The fraction of sp³-hybridized carbons (Fsp3) is 0.765. The summed E-state index contributed by atoms with van der Waals surface area (Å²) < 4.78 is 0. The first-order valence-electron chi connectivity index (χ1n) is 9.09. The van der Waals surface area contributed by atoms with Gasteiger partial charge in [-0.25, -0.2) is 0 Å². The number of carboxylic acid groups (broad SMARTS) is 1. The minimum absolute atomic E-state index is 0.161. The van der Waals surface area contributed by atoms with Crippen LogP contribution >= 0.6 is 0 Å². The summed E-state index contributed by atoms with van der Waals surface area (Å²) in [6.45, 7) is 7.32. The van der Waals surface area contributed by atoms with Gasteiger partial charge in [0.2, 0.25) is 17.7 Å². The number of carbonyl (C=O) groups excluding carboxylic acids is 3. The van der Waals surface area contributed by atoms with Gasteiger partial charge in [-0.3, -0.25) is 19.2 Å². The van der Waals surface area contributed by atoms with Crippen molar-refractivity contribution in [3.63, 3.8) is 0 Å². The molecule has 0 saturated heterocycles. The minimum atomic E-state index is -1.49. The van der Waals surface area contributed by atoms with E-state index in [1.54, 1.807) is 6.92 Å². The molecule has 7 atom stereocenters. The molecule has 0 radical (unpaired) electrons. The van der Waals surface area contributed by atoms with E-state index in [0.29, 0.717) is 6.42 Å². The van der Waals surface area contributed by atoms with Crippen LogP contribution in [0.1, 0.15) is 41.0 Å². The highest BCUT2D eigenvalue weighted by atomic mass is 16.4. The van der Waals surface area contributed by atoms with Gasteiger partial charge in [-0.15, -0.1) is 0 Å². The SMILES string of the molecule is CCC(C)C(N)C(=O)NC(C(=O)NC(C(=O)NC(C)C(=O)O)C(C)O)C(C)O. The van der Waals surface area contributed by atoms with Gasteiger partial charge in [-0.05, 0) is 26.7 Å². The van der Waals surface area contributed by atoms with Crippen LogP contribution in [0.25, 0.3) is 0 Å². The van der Waals surface area contributed by atoms with E-state index in [1.165, 1.54) is 20.8 Å². The van der Waals surface area contributed by atoms with Crippen LogP contribution in [0.3, 0.4) is 0 Å². The lowest BCUT2D eigenvalue weighted by molar-refractivity contribution is -0.142. The van der Waals surface area contributed by atoms with E-state index >= 15 is 0 Å². The number of aliphatic hydroxyl groups is 2. The molecule has 0 spiro atoms. The van der Waals surface area contributed by atoms with Gasteiger partial charge in [0.25, 0.3) is 0 Å². The third-order valence-corrected chi connectivity index (χ3v) is 4.41. The van der Waals surface area contributed by atoms with Crippen molar-refractivity contribution in [3.05, 3.63) is 0 Å². The molecule has 0 aromatic heterocycles. The second-order valence-corrected chi connectivity index (χ2v) is 6.93. The summed E-state index contributed by atoms with van der Waals surface area (Å²) in [5.41, 5.74) is 5.82. The Hall–Kier alpha value is -2.24. The smallest absolute Gasteiger partial charge is 0.325 e. The molecule has 0 aromatic carbocycles. The van der Waals surface area contributed by atoms with E-state index in [0.717, 1.165) is 0 Å². The molecule has 28 heavy (non-hydrogen) atoms. The van der Waals surface area contributed by atoms with E-state index in [4.69, 9.17) is 10.8 Å². The van der Waals surface area contributed by atoms with Crippen LogP contribution in [-0.2, 0) is 19.2 Å². The van der Waals surface area contributed by atoms with Crippen molar-refractivity contribution in [2.45, 2.75) is 77.4 Å². The molecular formula is C17H32N4O7. The number of nitrogens with one attached hydrogen (secondary N) is 3. The molecule has 0 aliphatic carbocycles. The van der Waals surface area contributed by atoms with Crippen LogP contribution in [-0.4, -0.2) is 75.4 Å². The molecule has 0 rings (SSSR count). The van der Waals surface area contributed by atoms with Crippen molar-refractivity contribution in [1.82, 2.24) is 16.0 Å². The van der Waals surface area contributed by atoms with Crippen molar-refractivity contribution < 1.29 is 34.5 Å². The molecule has 0 aliphatic rings. The third-order valence-electron chi connectivity index (χ3n) is 4.41. The van der Waals surface area contributed by atoms with Gasteiger partial charge in [0.15, 0.2) is 0 Å². The molecule has 0 heterocycles. The molecule has 0 fully saturated rings. The van der Waals surface area contributed by atoms with Crippen LogP contribution in [0.4, 0.5) is 0 Å². The molecule has 0 saturated carbocycles. The van der Waals surface area contributed by atoms with Crippen molar-refractivity contribution in [3.8, 4) is 0 Å². The Morgan fingerprint density at radius 3 is 1.57 bits per heavy atom. The Morgan fingerprint density at radius 2 is 1.21 bits per heavy atom. The number of rotatable bonds is 11. The fourth-order valence-corrected chi connectivity index (χ4v) is 2.18. The summed E-state index contributed by atoms with van der Waals surface area (Å²) in [7, 11) is 0. The van der Waals surface area contributed by atoms with Crippen LogP contribution in [0.5, 0.6) is 0 Å². The average molecular weight is 404 g/mol. The predicted molar refractivity (Wildman–Crippen MR) is 99.9 cm³/mol. The van der Waals surface area contributed by atoms with Crippen LogP contribution in [0.2, 0.25) is 0 Å². The first-order chi connectivity index (χ1) is 12.8. The quantitative estimate of drug-likeness (QED) is 0.199. The summed E-state index contributed by atoms with van der Waals surface area (Å²) >= 11 is 0. The normalized spacial score (nSPS) is 18.6. The summed E-state index contributed by atoms with van der Waals surface area (Å²) in [5.74, 6) is -3.95. The van der Waals surface area contributed by atoms with E-state index in [9.17, 15) is 29.4 Å². The highest BCUT2D eigenvalue weighted by Crippen LogP contribution is 2.06. The maximum Gasteiger partial charge on any atom is 0.325 e. The highest BCUT2D eigenvalue weighted by Gasteiger charge is 2.34. The topological polar surface area (TPSA) is 191 Å². The molecule has 3 amide bonds. The van der Waals surface area contributed by atoms with Crippen molar-refractivity contribution in [2.75, 3.05) is 0 Å². The molecule has 0 aliphatic heterocycles. The van der Waals surface area contributed by atoms with E-state index < -0.39 is 60.1 Å². The zero-order valence-corrected chi connectivity index (χ0v) is 16.8. The van der Waals surface area contributed by atoms with Crippen molar-refractivity contribution >= 4 is 23.7 Å². The number of hydrogen-bond donors (Lipinski definition) is 7. The zero-order valence-electron chi connectivity index (χ0n) is 16.8. The average Bonchev–Trinajstić information content (AvgIpc) is 2.61. The number of aliphatic hydroxyl groups excluding tert-OH is 2. The summed E-state index contributed by atoms with van der Waals surface area (Å²) in [6.07, 6.45) is -2.05. The molecule has 0 aromatic rings. The van der Waals surface area contributed by atoms with Gasteiger partial charge in [-0.1, -0.05) is 20.3 Å². The Labute approximate surface area is 164 Å². The molecular weight excluding hydrogens is 372 g/mol. The molecule has 7 unspecified atom stereocenters. The van der Waals surface area contributed by atoms with Crippen LogP contribution in [0, 0.1) is 5.92 Å². The molecule has 0 bridgehead atoms. The third kappa shape index (κ3) is 7.79. The maximum atomic E-state index is 12.5. The summed E-state index contributed by atoms with van der Waals surface area (Å²) in [5, 5.41) is 35.2. The number of carboxylic acids is 1. The molecule has 8 N–H and O–H groups in total. The number of nitrogens with two attached hydrogens (primary N) is 1. The van der Waals surface area contributed by atoms with Gasteiger partial charge in [0, 0.05) is 0 Å². The lowest BCUT2D eigenvalue weighted by atomic mass is 9.98. The zero-order chi connectivity index (χ0) is 22.2. The van der Waals surface area contributed by atoms with E-state index in [2.05, 4.69) is 16.0 Å². The Kier molecular flexibility index (Phi) is 10.6. The van der Waals surface area contributed by atoms with Crippen molar-refractivity contribution in [1.29, 1.82) is 0 Å². The van der Waals surface area contributed by atoms with Crippen LogP contribution in [0.15, 0.2) is 0 Å². The monoisotopic (exact) mass is 404 g/mol. The lowest BCUT2D eigenvalue weighted by Gasteiger charge is -2.28. The highest BCUT2D eigenvalue weighted by molar-refractivity contribution is 5.94. The Morgan fingerprint density at radius 1 is 0.821 bits per heavy atom. The number of amides is 3. The maximum absolute atomic E-state index is 12.5. The minimum Gasteiger partial charge on any atom is -0.480 e. The van der Waals surface area contributed by atoms with Gasteiger partial charge >= 0.3 is 5.97 Å². The molecule has 11 heteroatoms. The Balaban J connectivity index is 5.24. The predicted octanol–water partition coefficient (Wildman–Crippen LogP) is -2.32. The van der Waals surface area contributed by atoms with Crippen LogP contribution < -0.4 is 21.7 Å². The van der Waals surface area contributed by atoms with E-state index in [1.807, 2.05) is 6.92 Å². The van der Waals surface area contributed by atoms with Gasteiger partial charge in [-0.2, -0.15) is 0 Å². The van der Waals surface area contributed by atoms with E-state index in [-0.39, 0.29) is 5.92 Å². The van der Waals surface area contributed by atoms with Gasteiger partial charge in [0.1, 0.15) is 18.1 Å². The van der Waals surface area contributed by atoms with Gasteiger partial charge in [0.05, 0.1) is 18.2 Å². The second-order valence-electron chi connectivity index (χ2n) is 6.93. The molecule has 162 valence electrons. The molecule has 11 nitrogen and oxygen atoms in total. The lowest BCUT2D eigenvalue weighted by Crippen LogP contribution is -2.62. The first kappa shape index (κ1) is 25.8. The summed E-state index contributed by atoms with van der Waals surface area (Å²) in [6, 6.07) is -5.05. The standard InChI is InChI=1S/C17H32N4O7/c1-6-7(2)11(18)14(24)20-13(10(5)23)16(26)21-12(9(4)22)15(25)19-8(3)17(27)28/h7-13,22-23H,6,18H2,1-5H3,(H,19,25)(H,20,24)(H,21,26)(H,27,28). The second kappa shape index (κ2) is 11.6. The number of hydrogen-bond acceptors (Lipinski definition) is 7. The first-order valence-corrected chi connectivity index (χ1v) is 9.09. The largest absolute Gasteiger partial charge is 0.480 e.